The van der Waals surface area contributed by atoms with Crippen LogP contribution in [0.5, 0.6) is 0 Å². The van der Waals surface area contributed by atoms with E-state index in [0.29, 0.717) is 35.5 Å². The zero-order chi connectivity index (χ0) is 20.7. The molecule has 1 saturated heterocycles. The molecule has 0 N–H and O–H groups in total. The van der Waals surface area contributed by atoms with Gasteiger partial charge in [-0.2, -0.15) is 0 Å². The Morgan fingerprint density at radius 1 is 1.00 bits per heavy atom. The normalized spacial score (nSPS) is 15.2. The van der Waals surface area contributed by atoms with Gasteiger partial charge in [0.05, 0.1) is 5.39 Å². The maximum atomic E-state index is 13.2. The molecule has 7 nitrogen and oxygen atoms in total. The number of aromatic nitrogens is 3. The van der Waals surface area contributed by atoms with E-state index in [1.54, 1.807) is 36.0 Å². The molecule has 0 aliphatic carbocycles. The molecule has 4 aromatic rings. The summed E-state index contributed by atoms with van der Waals surface area (Å²) < 4.78 is 3.25. The number of aryl methyl sites for hydroxylation is 1. The maximum absolute atomic E-state index is 13.2. The third-order valence-corrected chi connectivity index (χ3v) is 5.84. The zero-order valence-corrected chi connectivity index (χ0v) is 16.9. The van der Waals surface area contributed by atoms with E-state index in [0.717, 1.165) is 19.6 Å². The summed E-state index contributed by atoms with van der Waals surface area (Å²) >= 11 is 0. The number of piperazine rings is 1. The van der Waals surface area contributed by atoms with E-state index >= 15 is 0 Å². The van der Waals surface area contributed by atoms with Crippen molar-refractivity contribution in [2.45, 2.75) is 6.54 Å². The van der Waals surface area contributed by atoms with Crippen LogP contribution in [0.2, 0.25) is 0 Å². The van der Waals surface area contributed by atoms with Crippen LogP contribution in [-0.2, 0) is 13.6 Å². The molecule has 0 radical (unpaired) electrons. The summed E-state index contributed by atoms with van der Waals surface area (Å²) in [5.74, 6) is -0.0525. The Balaban J connectivity index is 1.38. The first-order chi connectivity index (χ1) is 14.6. The summed E-state index contributed by atoms with van der Waals surface area (Å²) in [7, 11) is 1.80. The average Bonchev–Trinajstić information content (AvgIpc) is 3.11. The van der Waals surface area contributed by atoms with Gasteiger partial charge in [0.25, 0.3) is 11.5 Å². The van der Waals surface area contributed by atoms with Crippen molar-refractivity contribution in [3.05, 3.63) is 82.4 Å². The number of benzene rings is 1. The van der Waals surface area contributed by atoms with E-state index in [9.17, 15) is 9.59 Å². The van der Waals surface area contributed by atoms with Crippen LogP contribution in [-0.4, -0.2) is 55.8 Å². The summed E-state index contributed by atoms with van der Waals surface area (Å²) in [5.41, 5.74) is 2.74. The molecule has 1 aromatic carbocycles. The van der Waals surface area contributed by atoms with Gasteiger partial charge in [0.1, 0.15) is 17.0 Å². The highest BCUT2D eigenvalue weighted by atomic mass is 16.2. The second kappa shape index (κ2) is 7.42. The molecule has 1 amide bonds. The summed E-state index contributed by atoms with van der Waals surface area (Å²) in [6.07, 6.45) is 1.70. The average molecular weight is 401 g/mol. The highest BCUT2D eigenvalue weighted by Gasteiger charge is 2.25. The van der Waals surface area contributed by atoms with Crippen molar-refractivity contribution in [2.24, 2.45) is 7.05 Å². The number of pyridine rings is 1. The predicted octanol–water partition coefficient (Wildman–Crippen LogP) is 2.14. The summed E-state index contributed by atoms with van der Waals surface area (Å²) in [4.78, 5) is 34.9. The van der Waals surface area contributed by atoms with E-state index in [4.69, 9.17) is 0 Å². The lowest BCUT2D eigenvalue weighted by atomic mass is 10.2. The van der Waals surface area contributed by atoms with Crippen LogP contribution in [0.1, 0.15) is 16.1 Å². The lowest BCUT2D eigenvalue weighted by Crippen LogP contribution is -2.48. The lowest BCUT2D eigenvalue weighted by molar-refractivity contribution is 0.0619. The van der Waals surface area contributed by atoms with Crippen molar-refractivity contribution in [3.8, 4) is 0 Å². The van der Waals surface area contributed by atoms with Gasteiger partial charge in [-0.1, -0.05) is 36.4 Å². The molecule has 5 rings (SSSR count). The zero-order valence-electron chi connectivity index (χ0n) is 16.9. The number of hydrogen-bond acceptors (Lipinski definition) is 4. The fourth-order valence-electron chi connectivity index (χ4n) is 4.14. The summed E-state index contributed by atoms with van der Waals surface area (Å²) in [5, 5.41) is 0.465. The lowest BCUT2D eigenvalue weighted by Gasteiger charge is -2.34. The Labute approximate surface area is 173 Å². The minimum atomic E-state index is -0.155. The van der Waals surface area contributed by atoms with Gasteiger partial charge in [0.15, 0.2) is 0 Å². The smallest absolute Gasteiger partial charge is 0.270 e. The third-order valence-electron chi connectivity index (χ3n) is 5.84. The number of carbonyl (C=O) groups is 1. The second-order valence-electron chi connectivity index (χ2n) is 7.73. The fourth-order valence-corrected chi connectivity index (χ4v) is 4.14. The molecule has 30 heavy (non-hydrogen) atoms. The van der Waals surface area contributed by atoms with Gasteiger partial charge in [-0.05, 0) is 23.8 Å². The molecule has 152 valence electrons. The first kappa shape index (κ1) is 18.6. The predicted molar refractivity (Wildman–Crippen MR) is 116 cm³/mol. The number of hydrogen-bond donors (Lipinski definition) is 0. The molecule has 3 aromatic heterocycles. The van der Waals surface area contributed by atoms with E-state index < -0.39 is 0 Å². The van der Waals surface area contributed by atoms with Crippen LogP contribution in [0, 0.1) is 0 Å². The van der Waals surface area contributed by atoms with Crippen LogP contribution in [0.3, 0.4) is 0 Å². The van der Waals surface area contributed by atoms with E-state index in [1.165, 1.54) is 9.96 Å². The van der Waals surface area contributed by atoms with Crippen LogP contribution in [0.25, 0.3) is 16.7 Å². The Morgan fingerprint density at radius 2 is 1.73 bits per heavy atom. The number of amides is 1. The highest BCUT2D eigenvalue weighted by molar-refractivity contribution is 5.98. The number of carbonyl (C=O) groups excluding carboxylic acids is 1. The van der Waals surface area contributed by atoms with E-state index in [2.05, 4.69) is 34.1 Å². The fraction of sp³-hybridized carbons (Fsp3) is 0.261. The van der Waals surface area contributed by atoms with E-state index in [1.807, 2.05) is 17.0 Å². The van der Waals surface area contributed by atoms with Crippen molar-refractivity contribution in [1.82, 2.24) is 23.8 Å². The number of rotatable bonds is 3. The van der Waals surface area contributed by atoms with Gasteiger partial charge < -0.3 is 9.47 Å². The molecular weight excluding hydrogens is 378 g/mol. The minimum absolute atomic E-state index is 0.0525. The van der Waals surface area contributed by atoms with Crippen LogP contribution < -0.4 is 5.56 Å². The first-order valence-electron chi connectivity index (χ1n) is 10.1. The van der Waals surface area contributed by atoms with Crippen molar-refractivity contribution >= 4 is 22.6 Å². The van der Waals surface area contributed by atoms with Crippen molar-refractivity contribution in [1.29, 1.82) is 0 Å². The van der Waals surface area contributed by atoms with Gasteiger partial charge in [-0.3, -0.25) is 18.9 Å². The summed E-state index contributed by atoms with van der Waals surface area (Å²) in [6, 6.07) is 17.5. The molecule has 7 heteroatoms. The largest absolute Gasteiger partial charge is 0.335 e. The molecule has 0 bridgehead atoms. The van der Waals surface area contributed by atoms with Gasteiger partial charge >= 0.3 is 0 Å². The quantitative estimate of drug-likeness (QED) is 0.528. The van der Waals surface area contributed by atoms with Crippen molar-refractivity contribution < 1.29 is 4.79 Å². The molecule has 4 heterocycles. The number of nitrogens with zero attached hydrogens (tertiary/aromatic N) is 5. The number of fused-ring (bicyclic) bond motifs is 2. The van der Waals surface area contributed by atoms with Gasteiger partial charge in [0, 0.05) is 46.0 Å². The van der Waals surface area contributed by atoms with Crippen LogP contribution in [0.4, 0.5) is 0 Å². The second-order valence-corrected chi connectivity index (χ2v) is 7.73. The molecule has 0 atom stereocenters. The molecule has 0 saturated carbocycles. The monoisotopic (exact) mass is 401 g/mol. The minimum Gasteiger partial charge on any atom is -0.335 e. The molecule has 1 aliphatic rings. The van der Waals surface area contributed by atoms with E-state index in [-0.39, 0.29) is 11.5 Å². The van der Waals surface area contributed by atoms with Crippen molar-refractivity contribution in [2.75, 3.05) is 26.2 Å². The highest BCUT2D eigenvalue weighted by Crippen LogP contribution is 2.18. The molecular formula is C23H23N5O2. The Bertz CT molecular complexity index is 1280. The molecule has 1 fully saturated rings. The molecule has 0 unspecified atom stereocenters. The topological polar surface area (TPSA) is 62.9 Å². The SMILES string of the molecule is Cn1c(C(=O)N2CCN(Cc3ccccc3)CC2)cc2c(=O)n3ccccc3nc21. The Morgan fingerprint density at radius 3 is 2.50 bits per heavy atom. The van der Waals surface area contributed by atoms with Gasteiger partial charge in [-0.25, -0.2) is 4.98 Å². The third kappa shape index (κ3) is 3.17. The van der Waals surface area contributed by atoms with Gasteiger partial charge in [-0.15, -0.1) is 0 Å². The van der Waals surface area contributed by atoms with Crippen LogP contribution >= 0.6 is 0 Å². The Hall–Kier alpha value is -3.45. The maximum Gasteiger partial charge on any atom is 0.270 e. The molecule has 0 spiro atoms. The Kier molecular flexibility index (Phi) is 4.59. The van der Waals surface area contributed by atoms with Crippen LogP contribution in [0.15, 0.2) is 65.6 Å². The van der Waals surface area contributed by atoms with Crippen molar-refractivity contribution in [3.63, 3.8) is 0 Å². The summed E-state index contributed by atoms with van der Waals surface area (Å²) in [6.45, 7) is 3.89. The molecule has 1 aliphatic heterocycles. The standard InChI is InChI=1S/C23H23N5O2/c1-25-19(15-18-21(25)24-20-9-5-6-10-28(20)22(18)29)23(30)27-13-11-26(12-14-27)16-17-7-3-2-4-8-17/h2-10,15H,11-14,16H2,1H3. The first-order valence-corrected chi connectivity index (χ1v) is 10.1. The van der Waals surface area contributed by atoms with Gasteiger partial charge in [0.2, 0.25) is 0 Å².